The fourth-order valence-corrected chi connectivity index (χ4v) is 3.97. The maximum atomic E-state index is 12.5. The highest BCUT2D eigenvalue weighted by atomic mass is 32.2. The number of H-pyrrole nitrogens is 1. The van der Waals surface area contributed by atoms with E-state index in [9.17, 15) is 13.2 Å². The van der Waals surface area contributed by atoms with Crippen LogP contribution in [0.25, 0.3) is 10.9 Å². The molecular formula is C21H25N3O3S. The first kappa shape index (κ1) is 20.1. The van der Waals surface area contributed by atoms with Gasteiger partial charge in [0.15, 0.2) is 0 Å². The van der Waals surface area contributed by atoms with Crippen molar-refractivity contribution in [1.29, 1.82) is 0 Å². The van der Waals surface area contributed by atoms with Crippen molar-refractivity contribution < 1.29 is 13.2 Å². The van der Waals surface area contributed by atoms with Crippen molar-refractivity contribution in [2.75, 3.05) is 6.54 Å². The summed E-state index contributed by atoms with van der Waals surface area (Å²) in [5, 5.41) is 3.94. The predicted molar refractivity (Wildman–Crippen MR) is 111 cm³/mol. The molecule has 1 heterocycles. The number of aromatic amines is 1. The summed E-state index contributed by atoms with van der Waals surface area (Å²) in [4.78, 5) is 15.5. The number of aromatic nitrogens is 1. The quantitative estimate of drug-likeness (QED) is 0.594. The molecule has 28 heavy (non-hydrogen) atoms. The zero-order valence-corrected chi connectivity index (χ0v) is 17.1. The molecule has 3 rings (SSSR count). The zero-order valence-electron chi connectivity index (χ0n) is 16.2. The van der Waals surface area contributed by atoms with E-state index in [4.69, 9.17) is 0 Å². The summed E-state index contributed by atoms with van der Waals surface area (Å²) >= 11 is 0. The van der Waals surface area contributed by atoms with Gasteiger partial charge in [0.05, 0.1) is 4.90 Å². The number of hydrogen-bond donors (Lipinski definition) is 3. The highest BCUT2D eigenvalue weighted by molar-refractivity contribution is 7.89. The minimum atomic E-state index is -3.64. The lowest BCUT2D eigenvalue weighted by Crippen LogP contribution is -2.40. The minimum absolute atomic E-state index is 0.138. The molecule has 0 spiro atoms. The molecule has 0 radical (unpaired) electrons. The van der Waals surface area contributed by atoms with Crippen molar-refractivity contribution in [1.82, 2.24) is 15.0 Å². The van der Waals surface area contributed by atoms with E-state index < -0.39 is 10.0 Å². The third-order valence-corrected chi connectivity index (χ3v) is 5.75. The van der Waals surface area contributed by atoms with E-state index in [0.717, 1.165) is 16.5 Å². The van der Waals surface area contributed by atoms with Crippen LogP contribution in [-0.4, -0.2) is 31.4 Å². The molecule has 6 nitrogen and oxygen atoms in total. The maximum absolute atomic E-state index is 12.5. The summed E-state index contributed by atoms with van der Waals surface area (Å²) in [5.41, 5.74) is 2.16. The van der Waals surface area contributed by atoms with Gasteiger partial charge in [-0.2, -0.15) is 0 Å². The molecule has 1 aromatic heterocycles. The number of carbonyl (C=O) groups is 1. The van der Waals surface area contributed by atoms with Crippen LogP contribution in [0.2, 0.25) is 0 Å². The van der Waals surface area contributed by atoms with Crippen molar-refractivity contribution >= 4 is 26.8 Å². The summed E-state index contributed by atoms with van der Waals surface area (Å²) < 4.78 is 27.7. The Kier molecular flexibility index (Phi) is 5.58. The van der Waals surface area contributed by atoms with Gasteiger partial charge in [-0.25, -0.2) is 13.1 Å². The van der Waals surface area contributed by atoms with Gasteiger partial charge < -0.3 is 10.3 Å². The molecule has 0 aliphatic carbocycles. The van der Waals surface area contributed by atoms with Crippen LogP contribution in [0, 0.1) is 0 Å². The van der Waals surface area contributed by atoms with Crippen molar-refractivity contribution in [2.24, 2.45) is 0 Å². The van der Waals surface area contributed by atoms with E-state index in [0.29, 0.717) is 12.0 Å². The number of carbonyl (C=O) groups excluding carboxylic acids is 1. The molecule has 0 unspecified atom stereocenters. The molecule has 0 aliphatic rings. The Labute approximate surface area is 165 Å². The van der Waals surface area contributed by atoms with Crippen molar-refractivity contribution in [3.05, 3.63) is 65.9 Å². The number of benzene rings is 2. The Morgan fingerprint density at radius 1 is 1.04 bits per heavy atom. The van der Waals surface area contributed by atoms with Gasteiger partial charge in [-0.3, -0.25) is 4.79 Å². The van der Waals surface area contributed by atoms with Crippen LogP contribution in [0.4, 0.5) is 0 Å². The Morgan fingerprint density at radius 2 is 1.71 bits per heavy atom. The molecule has 1 amide bonds. The average Bonchev–Trinajstić information content (AvgIpc) is 3.04. The standard InChI is InChI=1S/C21H25N3O3S/c1-21(2,3)24-20(25)15-8-10-17(11-9-15)28(26,27)23-13-12-16-14-22-19-7-5-4-6-18(16)19/h4-11,14,22-23H,12-13H2,1-3H3,(H,24,25). The van der Waals surface area contributed by atoms with Gasteiger partial charge in [0.2, 0.25) is 10.0 Å². The van der Waals surface area contributed by atoms with E-state index in [1.165, 1.54) is 24.3 Å². The van der Waals surface area contributed by atoms with Crippen LogP contribution >= 0.6 is 0 Å². The summed E-state index contributed by atoms with van der Waals surface area (Å²) in [6.45, 7) is 5.96. The van der Waals surface area contributed by atoms with E-state index in [1.807, 2.05) is 51.2 Å². The van der Waals surface area contributed by atoms with Gasteiger partial charge in [-0.05, 0) is 63.1 Å². The SMILES string of the molecule is CC(C)(C)NC(=O)c1ccc(S(=O)(=O)NCCc2c[nH]c3ccccc23)cc1. The van der Waals surface area contributed by atoms with Crippen molar-refractivity contribution in [3.63, 3.8) is 0 Å². The lowest BCUT2D eigenvalue weighted by atomic mass is 10.1. The first-order chi connectivity index (χ1) is 13.2. The number of nitrogens with one attached hydrogen (secondary N) is 3. The van der Waals surface area contributed by atoms with Crippen molar-refractivity contribution in [3.8, 4) is 0 Å². The predicted octanol–water partition coefficient (Wildman–Crippen LogP) is 3.22. The average molecular weight is 400 g/mol. The molecule has 0 atom stereocenters. The molecule has 0 fully saturated rings. The number of para-hydroxylation sites is 1. The number of fused-ring (bicyclic) bond motifs is 1. The highest BCUT2D eigenvalue weighted by Gasteiger charge is 2.17. The second-order valence-corrected chi connectivity index (χ2v) is 9.50. The molecule has 3 aromatic rings. The van der Waals surface area contributed by atoms with E-state index >= 15 is 0 Å². The Hall–Kier alpha value is -2.64. The van der Waals surface area contributed by atoms with Crippen molar-refractivity contribution in [2.45, 2.75) is 37.6 Å². The monoisotopic (exact) mass is 399 g/mol. The first-order valence-electron chi connectivity index (χ1n) is 9.13. The Bertz CT molecular complexity index is 1080. The highest BCUT2D eigenvalue weighted by Crippen LogP contribution is 2.18. The van der Waals surface area contributed by atoms with Gasteiger partial charge in [0.1, 0.15) is 0 Å². The molecule has 0 bridgehead atoms. The summed E-state index contributed by atoms with van der Waals surface area (Å²) in [6, 6.07) is 13.9. The summed E-state index contributed by atoms with van der Waals surface area (Å²) in [6.07, 6.45) is 2.48. The summed E-state index contributed by atoms with van der Waals surface area (Å²) in [7, 11) is -3.64. The lowest BCUT2D eigenvalue weighted by Gasteiger charge is -2.20. The number of hydrogen-bond acceptors (Lipinski definition) is 3. The second-order valence-electron chi connectivity index (χ2n) is 7.74. The molecule has 2 aromatic carbocycles. The molecule has 0 aliphatic heterocycles. The Balaban J connectivity index is 1.63. The van der Waals surface area contributed by atoms with Gasteiger partial charge in [-0.1, -0.05) is 18.2 Å². The topological polar surface area (TPSA) is 91.1 Å². The van der Waals surface area contributed by atoms with E-state index in [2.05, 4.69) is 15.0 Å². The number of rotatable bonds is 6. The maximum Gasteiger partial charge on any atom is 0.251 e. The lowest BCUT2D eigenvalue weighted by molar-refractivity contribution is 0.0919. The van der Waals surface area contributed by atoms with Gasteiger partial charge in [-0.15, -0.1) is 0 Å². The van der Waals surface area contributed by atoms with Crippen LogP contribution in [0.3, 0.4) is 0 Å². The molecule has 0 saturated heterocycles. The van der Waals surface area contributed by atoms with Gasteiger partial charge in [0.25, 0.3) is 5.91 Å². The van der Waals surface area contributed by atoms with Crippen LogP contribution in [-0.2, 0) is 16.4 Å². The van der Waals surface area contributed by atoms with Crippen LogP contribution < -0.4 is 10.0 Å². The molecular weight excluding hydrogens is 374 g/mol. The molecule has 3 N–H and O–H groups in total. The number of amides is 1. The third-order valence-electron chi connectivity index (χ3n) is 4.28. The van der Waals surface area contributed by atoms with E-state index in [1.54, 1.807) is 0 Å². The number of sulfonamides is 1. The minimum Gasteiger partial charge on any atom is -0.361 e. The largest absolute Gasteiger partial charge is 0.361 e. The Morgan fingerprint density at radius 3 is 2.39 bits per heavy atom. The first-order valence-corrected chi connectivity index (χ1v) is 10.6. The van der Waals surface area contributed by atoms with Gasteiger partial charge in [0, 0.05) is 34.7 Å². The third kappa shape index (κ3) is 4.79. The molecule has 7 heteroatoms. The zero-order chi connectivity index (χ0) is 20.4. The second kappa shape index (κ2) is 7.77. The van der Waals surface area contributed by atoms with E-state index in [-0.39, 0.29) is 22.9 Å². The normalized spacial score (nSPS) is 12.2. The fourth-order valence-electron chi connectivity index (χ4n) is 2.94. The summed E-state index contributed by atoms with van der Waals surface area (Å²) in [5.74, 6) is -0.233. The molecule has 148 valence electrons. The smallest absolute Gasteiger partial charge is 0.251 e. The van der Waals surface area contributed by atoms with Gasteiger partial charge >= 0.3 is 0 Å². The fraction of sp³-hybridized carbons (Fsp3) is 0.286. The molecule has 0 saturated carbocycles. The van der Waals surface area contributed by atoms with Crippen LogP contribution in [0.1, 0.15) is 36.7 Å². The van der Waals surface area contributed by atoms with Crippen LogP contribution in [0.5, 0.6) is 0 Å². The van der Waals surface area contributed by atoms with Crippen LogP contribution in [0.15, 0.2) is 59.6 Å².